The fourth-order valence-corrected chi connectivity index (χ4v) is 9.69. The van der Waals surface area contributed by atoms with E-state index in [4.69, 9.17) is 19.4 Å². The number of hydrogen-bond donors (Lipinski definition) is 0. The van der Waals surface area contributed by atoms with E-state index in [1.54, 1.807) is 0 Å². The molecular formula is C61H38N4O. The molecule has 13 rings (SSSR count). The Hall–Kier alpha value is -8.93. The minimum atomic E-state index is 0.568. The lowest BCUT2D eigenvalue weighted by Crippen LogP contribution is -2.01. The summed E-state index contributed by atoms with van der Waals surface area (Å²) in [6.45, 7) is 0. The van der Waals surface area contributed by atoms with Gasteiger partial charge in [0.25, 0.3) is 0 Å². The van der Waals surface area contributed by atoms with Gasteiger partial charge in [-0.15, -0.1) is 0 Å². The molecule has 0 aliphatic carbocycles. The molecule has 308 valence electrons. The summed E-state index contributed by atoms with van der Waals surface area (Å²) in [4.78, 5) is 15.8. The zero-order chi connectivity index (χ0) is 43.6. The van der Waals surface area contributed by atoms with E-state index in [2.05, 4.69) is 193 Å². The molecule has 3 heterocycles. The Bertz CT molecular complexity index is 3910. The Kier molecular flexibility index (Phi) is 8.78. The molecule has 5 nitrogen and oxygen atoms in total. The third kappa shape index (κ3) is 6.36. The quantitative estimate of drug-likeness (QED) is 0.160. The van der Waals surface area contributed by atoms with Crippen LogP contribution in [0.3, 0.4) is 0 Å². The number of hydrogen-bond acceptors (Lipinski definition) is 4. The van der Waals surface area contributed by atoms with Crippen molar-refractivity contribution in [3.63, 3.8) is 0 Å². The van der Waals surface area contributed by atoms with Crippen LogP contribution < -0.4 is 0 Å². The molecule has 13 aromatic rings. The largest absolute Gasteiger partial charge is 0.456 e. The van der Waals surface area contributed by atoms with Crippen molar-refractivity contribution in [3.05, 3.63) is 231 Å². The molecule has 5 heteroatoms. The predicted octanol–water partition coefficient (Wildman–Crippen LogP) is 16.0. The summed E-state index contributed by atoms with van der Waals surface area (Å²) in [5.41, 5.74) is 14.1. The molecule has 0 fully saturated rings. The third-order valence-electron chi connectivity index (χ3n) is 12.8. The minimum absolute atomic E-state index is 0.568. The summed E-state index contributed by atoms with van der Waals surface area (Å²) >= 11 is 0. The number of fused-ring (bicyclic) bond motifs is 7. The van der Waals surface area contributed by atoms with Crippen LogP contribution in [0.15, 0.2) is 235 Å². The van der Waals surface area contributed by atoms with E-state index in [1.807, 2.05) is 42.5 Å². The van der Waals surface area contributed by atoms with Crippen molar-refractivity contribution in [1.29, 1.82) is 0 Å². The standard InChI is InChI=1S/C61H38N4O/c1-5-18-39(19-6-1)45-32-46(40-20-7-2-8-21-40)34-47(33-45)60-62-59(42-24-11-4-12-25-42)63-61(64-60)49-29-17-31-56-58(49)52-37-50(41-22-9-3-10-23-41)55(38-57(52)66-56)65-53-30-16-15-28-48(53)51-35-43-26-13-14-27-44(43)36-54(51)65/h1-38H. The van der Waals surface area contributed by atoms with E-state index >= 15 is 0 Å². The minimum Gasteiger partial charge on any atom is -0.456 e. The average molecular weight is 843 g/mol. The lowest BCUT2D eigenvalue weighted by molar-refractivity contribution is 0.668. The Morgan fingerprint density at radius 1 is 0.303 bits per heavy atom. The van der Waals surface area contributed by atoms with Crippen molar-refractivity contribution >= 4 is 54.5 Å². The monoisotopic (exact) mass is 842 g/mol. The van der Waals surface area contributed by atoms with Gasteiger partial charge in [-0.05, 0) is 87.1 Å². The van der Waals surface area contributed by atoms with Gasteiger partial charge >= 0.3 is 0 Å². The Morgan fingerprint density at radius 3 is 1.53 bits per heavy atom. The van der Waals surface area contributed by atoms with Crippen LogP contribution in [0.1, 0.15) is 0 Å². The van der Waals surface area contributed by atoms with Crippen LogP contribution in [0, 0.1) is 0 Å². The van der Waals surface area contributed by atoms with E-state index in [1.165, 1.54) is 21.5 Å². The van der Waals surface area contributed by atoms with Crippen molar-refractivity contribution in [1.82, 2.24) is 19.5 Å². The van der Waals surface area contributed by atoms with Crippen molar-refractivity contribution in [2.24, 2.45) is 0 Å². The molecule has 0 N–H and O–H groups in total. The van der Waals surface area contributed by atoms with Crippen molar-refractivity contribution in [3.8, 4) is 73.2 Å². The topological polar surface area (TPSA) is 56.7 Å². The normalized spacial score (nSPS) is 11.6. The zero-order valence-electron chi connectivity index (χ0n) is 35.6. The third-order valence-corrected chi connectivity index (χ3v) is 12.8. The molecule has 10 aromatic carbocycles. The fraction of sp³-hybridized carbons (Fsp3) is 0. The zero-order valence-corrected chi connectivity index (χ0v) is 35.6. The van der Waals surface area contributed by atoms with E-state index in [0.717, 1.165) is 88.7 Å². The van der Waals surface area contributed by atoms with Crippen molar-refractivity contribution in [2.75, 3.05) is 0 Å². The van der Waals surface area contributed by atoms with Gasteiger partial charge in [0.05, 0.1) is 16.7 Å². The number of nitrogens with zero attached hydrogens (tertiary/aromatic N) is 4. The molecule has 0 aliphatic rings. The maximum atomic E-state index is 6.91. The summed E-state index contributed by atoms with van der Waals surface area (Å²) in [5, 5.41) is 6.75. The van der Waals surface area contributed by atoms with Crippen LogP contribution in [-0.4, -0.2) is 19.5 Å². The molecular weight excluding hydrogens is 805 g/mol. The van der Waals surface area contributed by atoms with Gasteiger partial charge in [0, 0.05) is 49.9 Å². The molecule has 0 bridgehead atoms. The molecule has 0 unspecified atom stereocenters. The van der Waals surface area contributed by atoms with Gasteiger partial charge in [-0.3, -0.25) is 0 Å². The van der Waals surface area contributed by atoms with E-state index in [-0.39, 0.29) is 0 Å². The molecule has 66 heavy (non-hydrogen) atoms. The SMILES string of the molecule is c1ccc(-c2cc(-c3ccccc3)cc(-c3nc(-c4ccccc4)nc(-c4cccc5oc6cc(-n7c8ccccc8c8cc9ccccc9cc87)c(-c7ccccc7)cc6c45)n3)c2)cc1. The van der Waals surface area contributed by atoms with Crippen LogP contribution >= 0.6 is 0 Å². The summed E-state index contributed by atoms with van der Waals surface area (Å²) in [6.07, 6.45) is 0. The van der Waals surface area contributed by atoms with Gasteiger partial charge in [-0.2, -0.15) is 0 Å². The average Bonchev–Trinajstić information content (AvgIpc) is 3.93. The van der Waals surface area contributed by atoms with Crippen LogP contribution in [0.2, 0.25) is 0 Å². The number of aromatic nitrogens is 4. The highest BCUT2D eigenvalue weighted by Crippen LogP contribution is 2.44. The molecule has 0 spiro atoms. The second-order valence-electron chi connectivity index (χ2n) is 16.8. The van der Waals surface area contributed by atoms with Gasteiger partial charge in [-0.1, -0.05) is 176 Å². The lowest BCUT2D eigenvalue weighted by atomic mass is 9.95. The van der Waals surface area contributed by atoms with Gasteiger partial charge in [0.1, 0.15) is 11.2 Å². The van der Waals surface area contributed by atoms with E-state index in [9.17, 15) is 0 Å². The van der Waals surface area contributed by atoms with Crippen LogP contribution in [0.4, 0.5) is 0 Å². The number of para-hydroxylation sites is 1. The smallest absolute Gasteiger partial charge is 0.164 e. The van der Waals surface area contributed by atoms with E-state index in [0.29, 0.717) is 17.5 Å². The molecule has 0 aliphatic heterocycles. The molecule has 0 saturated carbocycles. The predicted molar refractivity (Wildman–Crippen MR) is 272 cm³/mol. The summed E-state index contributed by atoms with van der Waals surface area (Å²) in [6, 6.07) is 81.1. The lowest BCUT2D eigenvalue weighted by Gasteiger charge is -2.15. The molecule has 0 atom stereocenters. The summed E-state index contributed by atoms with van der Waals surface area (Å²) < 4.78 is 9.32. The van der Waals surface area contributed by atoms with Gasteiger partial charge in [-0.25, -0.2) is 15.0 Å². The summed E-state index contributed by atoms with van der Waals surface area (Å²) in [5.74, 6) is 1.75. The molecule has 0 amide bonds. The van der Waals surface area contributed by atoms with Crippen LogP contribution in [0.5, 0.6) is 0 Å². The van der Waals surface area contributed by atoms with Gasteiger partial charge in [0.2, 0.25) is 0 Å². The number of rotatable bonds is 7. The Balaban J connectivity index is 1.06. The van der Waals surface area contributed by atoms with Crippen LogP contribution in [0.25, 0.3) is 128 Å². The Morgan fingerprint density at radius 2 is 0.848 bits per heavy atom. The second-order valence-corrected chi connectivity index (χ2v) is 16.8. The summed E-state index contributed by atoms with van der Waals surface area (Å²) in [7, 11) is 0. The van der Waals surface area contributed by atoms with Gasteiger partial charge < -0.3 is 8.98 Å². The fourth-order valence-electron chi connectivity index (χ4n) is 9.69. The highest BCUT2D eigenvalue weighted by Gasteiger charge is 2.23. The highest BCUT2D eigenvalue weighted by atomic mass is 16.3. The second kappa shape index (κ2) is 15.4. The molecule has 3 aromatic heterocycles. The number of benzene rings is 10. The highest BCUT2D eigenvalue weighted by molar-refractivity contribution is 6.16. The first-order valence-electron chi connectivity index (χ1n) is 22.3. The maximum Gasteiger partial charge on any atom is 0.164 e. The number of furan rings is 1. The maximum absolute atomic E-state index is 6.91. The Labute approximate surface area is 380 Å². The van der Waals surface area contributed by atoms with Crippen molar-refractivity contribution < 1.29 is 4.42 Å². The van der Waals surface area contributed by atoms with Gasteiger partial charge in [0.15, 0.2) is 17.5 Å². The molecule has 0 radical (unpaired) electrons. The molecule has 0 saturated heterocycles. The first kappa shape index (κ1) is 37.6. The first-order chi connectivity index (χ1) is 32.7. The first-order valence-corrected chi connectivity index (χ1v) is 22.3. The van der Waals surface area contributed by atoms with Crippen LogP contribution in [-0.2, 0) is 0 Å². The van der Waals surface area contributed by atoms with Crippen molar-refractivity contribution in [2.45, 2.75) is 0 Å². The van der Waals surface area contributed by atoms with E-state index < -0.39 is 0 Å².